The highest BCUT2D eigenvalue weighted by atomic mass is 32.1. The van der Waals surface area contributed by atoms with E-state index < -0.39 is 0 Å². The lowest BCUT2D eigenvalue weighted by Gasteiger charge is -2.31. The van der Waals surface area contributed by atoms with E-state index in [0.29, 0.717) is 6.54 Å². The third kappa shape index (κ3) is 3.31. The highest BCUT2D eigenvalue weighted by Gasteiger charge is 2.29. The van der Waals surface area contributed by atoms with Crippen molar-refractivity contribution >= 4 is 17.2 Å². The number of amides is 1. The molecular weight excluding hydrogens is 350 g/mol. The van der Waals surface area contributed by atoms with Gasteiger partial charge in [-0.15, -0.1) is 11.3 Å². The van der Waals surface area contributed by atoms with E-state index in [0.717, 1.165) is 62.5 Å². The number of β-amino-alcohol motifs (C(OH)–C–C–N with tert-alkyl or cyclic N) is 1. The van der Waals surface area contributed by atoms with Crippen LogP contribution in [0, 0.1) is 13.8 Å². The molecule has 1 atom stereocenters. The molecule has 7 heteroatoms. The number of aliphatic hydroxyl groups excluding tert-OH is 1. The Labute approximate surface area is 157 Å². The fourth-order valence-corrected chi connectivity index (χ4v) is 5.07. The first kappa shape index (κ1) is 17.7. The molecule has 0 radical (unpaired) electrons. The molecule has 140 valence electrons. The van der Waals surface area contributed by atoms with Gasteiger partial charge in [0.15, 0.2) is 0 Å². The van der Waals surface area contributed by atoms with Crippen LogP contribution in [0.25, 0.3) is 0 Å². The predicted molar refractivity (Wildman–Crippen MR) is 99.3 cm³/mol. The van der Waals surface area contributed by atoms with Crippen molar-refractivity contribution in [3.8, 4) is 0 Å². The zero-order valence-electron chi connectivity index (χ0n) is 15.3. The number of nitrogens with zero attached hydrogens (tertiary/aromatic N) is 3. The lowest BCUT2D eigenvalue weighted by molar-refractivity contribution is 0.0472. The first-order valence-electron chi connectivity index (χ1n) is 9.23. The predicted octanol–water partition coefficient (Wildman–Crippen LogP) is 2.51. The van der Waals surface area contributed by atoms with Crippen LogP contribution < -0.4 is 0 Å². The fourth-order valence-electron chi connectivity index (χ4n) is 3.96. The summed E-state index contributed by atoms with van der Waals surface area (Å²) in [6, 6.07) is 0. The molecule has 4 heterocycles. The molecule has 2 aliphatic rings. The van der Waals surface area contributed by atoms with Crippen molar-refractivity contribution < 1.29 is 14.4 Å². The fraction of sp³-hybridized carbons (Fsp3) is 0.579. The third-order valence-corrected chi connectivity index (χ3v) is 6.52. The SMILES string of the molecule is Cc1noc(C)c1CN1CCc2c(C(=O)N3CCCC(O)C3)csc2C1. The summed E-state index contributed by atoms with van der Waals surface area (Å²) in [4.78, 5) is 18.4. The highest BCUT2D eigenvalue weighted by molar-refractivity contribution is 7.10. The van der Waals surface area contributed by atoms with Crippen molar-refractivity contribution in [3.05, 3.63) is 38.4 Å². The molecule has 0 spiro atoms. The molecule has 6 nitrogen and oxygen atoms in total. The van der Waals surface area contributed by atoms with Gasteiger partial charge in [-0.05, 0) is 38.7 Å². The zero-order valence-corrected chi connectivity index (χ0v) is 16.1. The van der Waals surface area contributed by atoms with Crippen LogP contribution in [0.1, 0.15) is 50.7 Å². The summed E-state index contributed by atoms with van der Waals surface area (Å²) in [5.41, 5.74) is 4.17. The zero-order chi connectivity index (χ0) is 18.3. The van der Waals surface area contributed by atoms with Crippen molar-refractivity contribution in [2.24, 2.45) is 0 Å². The Hall–Kier alpha value is -1.70. The van der Waals surface area contributed by atoms with E-state index in [9.17, 15) is 9.90 Å². The minimum Gasteiger partial charge on any atom is -0.391 e. The number of carbonyl (C=O) groups is 1. The molecule has 2 aliphatic heterocycles. The number of fused-ring (bicyclic) bond motifs is 1. The first-order chi connectivity index (χ1) is 12.5. The monoisotopic (exact) mass is 375 g/mol. The molecule has 2 aromatic rings. The number of aliphatic hydroxyl groups is 1. The van der Waals surface area contributed by atoms with Crippen LogP contribution in [0.3, 0.4) is 0 Å². The Balaban J connectivity index is 1.47. The van der Waals surface area contributed by atoms with E-state index in [1.807, 2.05) is 24.1 Å². The van der Waals surface area contributed by atoms with Crippen molar-refractivity contribution in [1.29, 1.82) is 0 Å². The number of rotatable bonds is 3. The van der Waals surface area contributed by atoms with Crippen LogP contribution in [-0.2, 0) is 19.5 Å². The van der Waals surface area contributed by atoms with Crippen LogP contribution in [0.4, 0.5) is 0 Å². The second kappa shape index (κ2) is 7.13. The second-order valence-electron chi connectivity index (χ2n) is 7.36. The molecule has 0 saturated carbocycles. The smallest absolute Gasteiger partial charge is 0.255 e. The van der Waals surface area contributed by atoms with Gasteiger partial charge in [0.2, 0.25) is 0 Å². The molecule has 1 amide bonds. The van der Waals surface area contributed by atoms with E-state index in [4.69, 9.17) is 4.52 Å². The molecule has 1 fully saturated rings. The van der Waals surface area contributed by atoms with Gasteiger partial charge in [-0.1, -0.05) is 5.16 Å². The molecule has 1 N–H and O–H groups in total. The second-order valence-corrected chi connectivity index (χ2v) is 8.33. The van der Waals surface area contributed by atoms with Gasteiger partial charge in [0.1, 0.15) is 5.76 Å². The summed E-state index contributed by atoms with van der Waals surface area (Å²) in [6.45, 7) is 7.77. The molecule has 1 unspecified atom stereocenters. The number of aryl methyl sites for hydroxylation is 2. The Bertz CT molecular complexity index is 794. The summed E-state index contributed by atoms with van der Waals surface area (Å²) in [5, 5.41) is 15.9. The first-order valence-corrected chi connectivity index (χ1v) is 10.1. The van der Waals surface area contributed by atoms with E-state index >= 15 is 0 Å². The lowest BCUT2D eigenvalue weighted by atomic mass is 10.0. The van der Waals surface area contributed by atoms with Crippen LogP contribution in [-0.4, -0.2) is 51.7 Å². The minimum absolute atomic E-state index is 0.0837. The van der Waals surface area contributed by atoms with Crippen LogP contribution >= 0.6 is 11.3 Å². The standard InChI is InChI=1S/C19H25N3O3S/c1-12-16(13(2)25-20-12)9-21-7-5-15-17(11-26-18(15)10-21)19(24)22-6-3-4-14(23)8-22/h11,14,23H,3-10H2,1-2H3. The van der Waals surface area contributed by atoms with Gasteiger partial charge in [0, 0.05) is 48.5 Å². The number of hydrogen-bond acceptors (Lipinski definition) is 6. The van der Waals surface area contributed by atoms with Crippen molar-refractivity contribution in [2.45, 2.75) is 52.3 Å². The third-order valence-electron chi connectivity index (χ3n) is 5.50. The molecule has 2 aromatic heterocycles. The number of likely N-dealkylation sites (tertiary alicyclic amines) is 1. The summed E-state index contributed by atoms with van der Waals surface area (Å²) >= 11 is 1.68. The van der Waals surface area contributed by atoms with Crippen LogP contribution in [0.2, 0.25) is 0 Å². The van der Waals surface area contributed by atoms with E-state index in [1.165, 1.54) is 16.0 Å². The van der Waals surface area contributed by atoms with E-state index in [1.54, 1.807) is 11.3 Å². The summed E-state index contributed by atoms with van der Waals surface area (Å²) < 4.78 is 5.27. The quantitative estimate of drug-likeness (QED) is 0.893. The Kier molecular flexibility index (Phi) is 4.86. The van der Waals surface area contributed by atoms with Gasteiger partial charge < -0.3 is 14.5 Å². The molecule has 4 rings (SSSR count). The number of thiophene rings is 1. The van der Waals surface area contributed by atoms with Crippen molar-refractivity contribution in [1.82, 2.24) is 15.0 Å². The van der Waals surface area contributed by atoms with Gasteiger partial charge in [-0.3, -0.25) is 9.69 Å². The molecular formula is C19H25N3O3S. The van der Waals surface area contributed by atoms with Crippen LogP contribution in [0.5, 0.6) is 0 Å². The largest absolute Gasteiger partial charge is 0.391 e. The van der Waals surface area contributed by atoms with Crippen molar-refractivity contribution in [3.63, 3.8) is 0 Å². The van der Waals surface area contributed by atoms with Gasteiger partial charge in [-0.2, -0.15) is 0 Å². The molecule has 26 heavy (non-hydrogen) atoms. The summed E-state index contributed by atoms with van der Waals surface area (Å²) in [6.07, 6.45) is 2.18. The maximum absolute atomic E-state index is 12.9. The number of piperidine rings is 1. The van der Waals surface area contributed by atoms with Gasteiger partial charge in [0.25, 0.3) is 5.91 Å². The number of aromatic nitrogens is 1. The maximum atomic E-state index is 12.9. The molecule has 0 aliphatic carbocycles. The van der Waals surface area contributed by atoms with Crippen molar-refractivity contribution in [2.75, 3.05) is 19.6 Å². The molecule has 0 aromatic carbocycles. The lowest BCUT2D eigenvalue weighted by Crippen LogP contribution is -2.42. The summed E-state index contributed by atoms with van der Waals surface area (Å²) in [7, 11) is 0. The average molecular weight is 375 g/mol. The van der Waals surface area contributed by atoms with Gasteiger partial charge in [-0.25, -0.2) is 0 Å². The Morgan fingerprint density at radius 1 is 1.42 bits per heavy atom. The Morgan fingerprint density at radius 3 is 3.00 bits per heavy atom. The van der Waals surface area contributed by atoms with Crippen LogP contribution in [0.15, 0.2) is 9.90 Å². The highest BCUT2D eigenvalue weighted by Crippen LogP contribution is 2.31. The van der Waals surface area contributed by atoms with E-state index in [-0.39, 0.29) is 12.0 Å². The molecule has 1 saturated heterocycles. The van der Waals surface area contributed by atoms with Gasteiger partial charge >= 0.3 is 0 Å². The van der Waals surface area contributed by atoms with E-state index in [2.05, 4.69) is 10.1 Å². The molecule has 0 bridgehead atoms. The maximum Gasteiger partial charge on any atom is 0.255 e. The van der Waals surface area contributed by atoms with Gasteiger partial charge in [0.05, 0.1) is 17.4 Å². The summed E-state index contributed by atoms with van der Waals surface area (Å²) in [5.74, 6) is 0.972. The minimum atomic E-state index is -0.382. The normalized spacial score (nSPS) is 21.0. The number of carbonyl (C=O) groups excluding carboxylic acids is 1. The topological polar surface area (TPSA) is 69.8 Å². The Morgan fingerprint density at radius 2 is 2.27 bits per heavy atom. The number of hydrogen-bond donors (Lipinski definition) is 1. The average Bonchev–Trinajstić information content (AvgIpc) is 3.19.